The maximum atomic E-state index is 11.3. The van der Waals surface area contributed by atoms with Crippen molar-refractivity contribution in [1.29, 1.82) is 0 Å². The number of rotatable bonds is 5. The second-order valence-electron chi connectivity index (χ2n) is 3.88. The fourth-order valence-corrected chi connectivity index (χ4v) is 2.65. The predicted octanol–water partition coefficient (Wildman–Crippen LogP) is 2.64. The fraction of sp³-hybridized carbons (Fsp3) is 0.900. The van der Waals surface area contributed by atoms with E-state index >= 15 is 0 Å². The molecule has 82 valence electrons. The first-order valence-corrected chi connectivity index (χ1v) is 6.27. The monoisotopic (exact) mass is 263 g/mol. The van der Waals surface area contributed by atoms with E-state index in [1.54, 1.807) is 0 Å². The van der Waals surface area contributed by atoms with Gasteiger partial charge in [0.15, 0.2) is 0 Å². The minimum atomic E-state index is -0.155. The van der Waals surface area contributed by atoms with Crippen LogP contribution in [0.2, 0.25) is 0 Å². The summed E-state index contributed by atoms with van der Waals surface area (Å²) >= 11 is 3.54. The molecule has 0 aromatic heterocycles. The molecule has 1 fully saturated rings. The van der Waals surface area contributed by atoms with E-state index < -0.39 is 0 Å². The molecule has 1 rings (SSSR count). The number of alkyl halides is 1. The molecule has 3 nitrogen and oxygen atoms in total. The van der Waals surface area contributed by atoms with Crippen LogP contribution in [0.25, 0.3) is 0 Å². The van der Waals surface area contributed by atoms with E-state index in [1.807, 2.05) is 4.90 Å². The molecule has 1 heterocycles. The quantitative estimate of drug-likeness (QED) is 0.714. The SMILES string of the molecule is CCC(CC)(CBr)CN1CCOC1=O. The van der Waals surface area contributed by atoms with E-state index in [4.69, 9.17) is 4.74 Å². The van der Waals surface area contributed by atoms with Crippen molar-refractivity contribution in [2.75, 3.05) is 25.0 Å². The number of carbonyl (C=O) groups excluding carboxylic acids is 1. The molecule has 0 unspecified atom stereocenters. The zero-order valence-corrected chi connectivity index (χ0v) is 10.5. The van der Waals surface area contributed by atoms with E-state index in [-0.39, 0.29) is 11.5 Å². The maximum Gasteiger partial charge on any atom is 0.409 e. The average Bonchev–Trinajstić information content (AvgIpc) is 2.61. The highest BCUT2D eigenvalue weighted by Gasteiger charge is 2.32. The van der Waals surface area contributed by atoms with E-state index in [2.05, 4.69) is 29.8 Å². The molecule has 0 bridgehead atoms. The summed E-state index contributed by atoms with van der Waals surface area (Å²) in [7, 11) is 0. The summed E-state index contributed by atoms with van der Waals surface area (Å²) in [5, 5.41) is 0.941. The van der Waals surface area contributed by atoms with Crippen molar-refractivity contribution >= 4 is 22.0 Å². The first kappa shape index (κ1) is 11.8. The number of halogens is 1. The van der Waals surface area contributed by atoms with Crippen LogP contribution in [-0.2, 0) is 4.74 Å². The van der Waals surface area contributed by atoms with E-state index in [0.717, 1.165) is 31.3 Å². The average molecular weight is 264 g/mol. The highest BCUT2D eigenvalue weighted by atomic mass is 79.9. The van der Waals surface area contributed by atoms with Crippen LogP contribution in [0.1, 0.15) is 26.7 Å². The molecule has 0 radical (unpaired) electrons. The smallest absolute Gasteiger partial charge is 0.409 e. The molecule has 1 aliphatic heterocycles. The molecule has 0 saturated carbocycles. The number of carbonyl (C=O) groups is 1. The van der Waals surface area contributed by atoms with Crippen molar-refractivity contribution in [2.24, 2.45) is 5.41 Å². The van der Waals surface area contributed by atoms with Gasteiger partial charge in [0.2, 0.25) is 0 Å². The van der Waals surface area contributed by atoms with Crippen LogP contribution in [0.15, 0.2) is 0 Å². The van der Waals surface area contributed by atoms with Gasteiger partial charge in [-0.3, -0.25) is 0 Å². The van der Waals surface area contributed by atoms with Crippen molar-refractivity contribution < 1.29 is 9.53 Å². The molecular weight excluding hydrogens is 246 g/mol. The molecule has 0 spiro atoms. The van der Waals surface area contributed by atoms with Crippen LogP contribution < -0.4 is 0 Å². The molecular formula is C10H18BrNO2. The molecule has 0 aromatic rings. The summed E-state index contributed by atoms with van der Waals surface area (Å²) in [6, 6.07) is 0. The van der Waals surface area contributed by atoms with Crippen LogP contribution >= 0.6 is 15.9 Å². The lowest BCUT2D eigenvalue weighted by atomic mass is 9.84. The van der Waals surface area contributed by atoms with Gasteiger partial charge in [-0.1, -0.05) is 29.8 Å². The van der Waals surface area contributed by atoms with Crippen LogP contribution in [0.4, 0.5) is 4.79 Å². The molecule has 1 saturated heterocycles. The zero-order chi connectivity index (χ0) is 10.6. The van der Waals surface area contributed by atoms with Crippen molar-refractivity contribution in [3.05, 3.63) is 0 Å². The molecule has 0 N–H and O–H groups in total. The minimum absolute atomic E-state index is 0.155. The van der Waals surface area contributed by atoms with E-state index in [0.29, 0.717) is 6.61 Å². The Hall–Kier alpha value is -0.250. The Bertz CT molecular complexity index is 196. The predicted molar refractivity (Wildman–Crippen MR) is 59.7 cm³/mol. The maximum absolute atomic E-state index is 11.3. The molecule has 1 amide bonds. The van der Waals surface area contributed by atoms with Gasteiger partial charge in [-0.15, -0.1) is 0 Å². The van der Waals surface area contributed by atoms with Gasteiger partial charge in [-0.05, 0) is 18.3 Å². The number of amides is 1. The summed E-state index contributed by atoms with van der Waals surface area (Å²) in [4.78, 5) is 13.1. The first-order valence-electron chi connectivity index (χ1n) is 5.15. The van der Waals surface area contributed by atoms with Crippen LogP contribution in [0, 0.1) is 5.41 Å². The van der Waals surface area contributed by atoms with Gasteiger partial charge in [0.05, 0.1) is 6.54 Å². The van der Waals surface area contributed by atoms with Gasteiger partial charge in [-0.25, -0.2) is 4.79 Å². The van der Waals surface area contributed by atoms with Crippen molar-refractivity contribution in [3.8, 4) is 0 Å². The molecule has 0 atom stereocenters. The molecule has 0 aromatic carbocycles. The van der Waals surface area contributed by atoms with Gasteiger partial charge in [0.25, 0.3) is 0 Å². The third-order valence-electron chi connectivity index (χ3n) is 3.15. The standard InChI is InChI=1S/C10H18BrNO2/c1-3-10(4-2,7-11)8-12-5-6-14-9(12)13/h3-8H2,1-2H3. The van der Waals surface area contributed by atoms with Gasteiger partial charge in [-0.2, -0.15) is 0 Å². The Balaban J connectivity index is 2.58. The lowest BCUT2D eigenvalue weighted by Gasteiger charge is -2.32. The van der Waals surface area contributed by atoms with Crippen molar-refractivity contribution in [3.63, 3.8) is 0 Å². The number of ether oxygens (including phenoxy) is 1. The highest BCUT2D eigenvalue weighted by Crippen LogP contribution is 2.30. The Kier molecular flexibility index (Phi) is 4.23. The fourth-order valence-electron chi connectivity index (χ4n) is 1.68. The highest BCUT2D eigenvalue weighted by molar-refractivity contribution is 9.09. The Labute approximate surface area is 93.9 Å². The number of hydrogen-bond donors (Lipinski definition) is 0. The molecule has 4 heteroatoms. The third-order valence-corrected chi connectivity index (χ3v) is 4.34. The Morgan fingerprint density at radius 1 is 1.50 bits per heavy atom. The van der Waals surface area contributed by atoms with Crippen LogP contribution in [-0.4, -0.2) is 36.0 Å². The van der Waals surface area contributed by atoms with E-state index in [9.17, 15) is 4.79 Å². The lowest BCUT2D eigenvalue weighted by molar-refractivity contribution is 0.140. The van der Waals surface area contributed by atoms with Gasteiger partial charge in [0, 0.05) is 11.9 Å². The summed E-state index contributed by atoms with van der Waals surface area (Å²) in [6.07, 6.45) is 2.01. The Morgan fingerprint density at radius 3 is 2.50 bits per heavy atom. The van der Waals surface area contributed by atoms with Gasteiger partial charge < -0.3 is 9.64 Å². The summed E-state index contributed by atoms with van der Waals surface area (Å²) in [6.45, 7) is 6.45. The van der Waals surface area contributed by atoms with E-state index in [1.165, 1.54) is 0 Å². The Morgan fingerprint density at radius 2 is 2.14 bits per heavy atom. The summed E-state index contributed by atoms with van der Waals surface area (Å²) < 4.78 is 4.92. The number of nitrogens with zero attached hydrogens (tertiary/aromatic N) is 1. The third kappa shape index (κ3) is 2.41. The summed E-state index contributed by atoms with van der Waals surface area (Å²) in [5.41, 5.74) is 0.212. The van der Waals surface area contributed by atoms with Gasteiger partial charge in [0.1, 0.15) is 6.61 Å². The second-order valence-corrected chi connectivity index (χ2v) is 4.44. The number of cyclic esters (lactones) is 1. The molecule has 1 aliphatic rings. The van der Waals surface area contributed by atoms with Gasteiger partial charge >= 0.3 is 6.09 Å². The van der Waals surface area contributed by atoms with Crippen LogP contribution in [0.3, 0.4) is 0 Å². The normalized spacial score (nSPS) is 17.4. The first-order chi connectivity index (χ1) is 6.67. The number of hydrogen-bond acceptors (Lipinski definition) is 2. The molecule has 0 aliphatic carbocycles. The largest absolute Gasteiger partial charge is 0.448 e. The van der Waals surface area contributed by atoms with Crippen molar-refractivity contribution in [2.45, 2.75) is 26.7 Å². The molecule has 14 heavy (non-hydrogen) atoms. The second kappa shape index (κ2) is 5.01. The topological polar surface area (TPSA) is 29.5 Å². The lowest BCUT2D eigenvalue weighted by Crippen LogP contribution is -2.38. The summed E-state index contributed by atoms with van der Waals surface area (Å²) in [5.74, 6) is 0. The minimum Gasteiger partial charge on any atom is -0.448 e. The van der Waals surface area contributed by atoms with Crippen molar-refractivity contribution in [1.82, 2.24) is 4.90 Å². The van der Waals surface area contributed by atoms with Crippen LogP contribution in [0.5, 0.6) is 0 Å². The zero-order valence-electron chi connectivity index (χ0n) is 8.88.